The maximum absolute atomic E-state index is 5.62. The van der Waals surface area contributed by atoms with Crippen molar-refractivity contribution in [3.8, 4) is 0 Å². The minimum absolute atomic E-state index is 0.368. The fraction of sp³-hybridized carbons (Fsp3) is 0.111. The Morgan fingerprint density at radius 2 is 2.18 bits per heavy atom. The molecule has 1 unspecified atom stereocenters. The van der Waals surface area contributed by atoms with Gasteiger partial charge in [0.15, 0.2) is 0 Å². The Hall–Kier alpha value is -1.44. The summed E-state index contributed by atoms with van der Waals surface area (Å²) < 4.78 is 0. The van der Waals surface area contributed by atoms with Gasteiger partial charge in [-0.25, -0.2) is 0 Å². The predicted molar refractivity (Wildman–Crippen MR) is 45.3 cm³/mol. The van der Waals surface area contributed by atoms with Gasteiger partial charge in [0, 0.05) is 18.1 Å². The summed E-state index contributed by atoms with van der Waals surface area (Å²) >= 11 is 0. The van der Waals surface area contributed by atoms with Gasteiger partial charge >= 0.3 is 0 Å². The molecule has 2 aliphatic rings. The van der Waals surface area contributed by atoms with Crippen LogP contribution in [0.15, 0.2) is 48.5 Å². The van der Waals surface area contributed by atoms with E-state index in [1.807, 2.05) is 30.6 Å². The van der Waals surface area contributed by atoms with Gasteiger partial charge in [0.2, 0.25) is 0 Å². The highest BCUT2D eigenvalue weighted by atomic mass is 15.1. The quantitative estimate of drug-likeness (QED) is 0.554. The number of rotatable bonds is 0. The van der Waals surface area contributed by atoms with E-state index in [0.717, 1.165) is 5.70 Å². The summed E-state index contributed by atoms with van der Waals surface area (Å²) in [5, 5.41) is 0. The molecule has 11 heavy (non-hydrogen) atoms. The molecule has 0 fully saturated rings. The maximum atomic E-state index is 5.62. The smallest absolute Gasteiger partial charge is 0.0702 e. The molecule has 0 aromatic carbocycles. The van der Waals surface area contributed by atoms with E-state index in [1.165, 1.54) is 0 Å². The first-order valence-electron chi connectivity index (χ1n) is 3.64. The van der Waals surface area contributed by atoms with Crippen LogP contribution in [0.1, 0.15) is 0 Å². The molecule has 2 heterocycles. The predicted octanol–water partition coefficient (Wildman–Crippen LogP) is 1.11. The summed E-state index contributed by atoms with van der Waals surface area (Å²) in [6.07, 6.45) is 14.1. The van der Waals surface area contributed by atoms with Crippen molar-refractivity contribution >= 4 is 0 Å². The molecule has 0 aliphatic carbocycles. The highest BCUT2D eigenvalue weighted by molar-refractivity contribution is 5.30. The Kier molecular flexibility index (Phi) is 1.32. The van der Waals surface area contributed by atoms with Crippen LogP contribution in [0.2, 0.25) is 0 Å². The average molecular weight is 146 g/mol. The molecular weight excluding hydrogens is 136 g/mol. The van der Waals surface area contributed by atoms with Gasteiger partial charge in [-0.3, -0.25) is 0 Å². The molecule has 56 valence electrons. The molecule has 0 bridgehead atoms. The second kappa shape index (κ2) is 2.31. The van der Waals surface area contributed by atoms with Crippen molar-refractivity contribution in [2.45, 2.75) is 6.04 Å². The van der Waals surface area contributed by atoms with Crippen molar-refractivity contribution in [1.82, 2.24) is 4.90 Å². The van der Waals surface area contributed by atoms with Crippen LogP contribution in [0, 0.1) is 0 Å². The molecule has 0 radical (unpaired) electrons. The van der Waals surface area contributed by atoms with Crippen molar-refractivity contribution in [3.05, 3.63) is 48.5 Å². The van der Waals surface area contributed by atoms with Gasteiger partial charge in [-0.15, -0.1) is 0 Å². The lowest BCUT2D eigenvalue weighted by atomic mass is 10.1. The Labute approximate surface area is 66.0 Å². The third-order valence-corrected chi connectivity index (χ3v) is 1.81. The molecule has 2 nitrogen and oxygen atoms in total. The zero-order chi connectivity index (χ0) is 7.68. The number of fused-ring (bicyclic) bond motifs is 1. The van der Waals surface area contributed by atoms with E-state index >= 15 is 0 Å². The van der Waals surface area contributed by atoms with Gasteiger partial charge in [-0.1, -0.05) is 18.2 Å². The first-order chi connectivity index (χ1) is 5.36. The van der Waals surface area contributed by atoms with E-state index < -0.39 is 0 Å². The van der Waals surface area contributed by atoms with Crippen LogP contribution >= 0.6 is 0 Å². The normalized spacial score (nSPS) is 26.7. The van der Waals surface area contributed by atoms with Gasteiger partial charge < -0.3 is 10.6 Å². The van der Waals surface area contributed by atoms with Crippen LogP contribution in [0.3, 0.4) is 0 Å². The number of allylic oxidation sites excluding steroid dienone is 3. The summed E-state index contributed by atoms with van der Waals surface area (Å²) in [6, 6.07) is 0.368. The highest BCUT2D eigenvalue weighted by Gasteiger charge is 2.11. The van der Waals surface area contributed by atoms with Gasteiger partial charge in [0.05, 0.1) is 6.04 Å². The molecule has 0 spiro atoms. The molecule has 2 heteroatoms. The lowest BCUT2D eigenvalue weighted by Crippen LogP contribution is -2.27. The minimum atomic E-state index is 0.368. The van der Waals surface area contributed by atoms with Crippen molar-refractivity contribution < 1.29 is 0 Å². The highest BCUT2D eigenvalue weighted by Crippen LogP contribution is 2.15. The Morgan fingerprint density at radius 3 is 3.09 bits per heavy atom. The van der Waals surface area contributed by atoms with E-state index in [0.29, 0.717) is 6.04 Å². The molecule has 0 aromatic rings. The van der Waals surface area contributed by atoms with Crippen LogP contribution in [0.5, 0.6) is 0 Å². The lowest BCUT2D eigenvalue weighted by molar-refractivity contribution is 0.471. The van der Waals surface area contributed by atoms with E-state index in [9.17, 15) is 0 Å². The van der Waals surface area contributed by atoms with Crippen LogP contribution < -0.4 is 5.73 Å². The first kappa shape index (κ1) is 6.28. The van der Waals surface area contributed by atoms with Crippen LogP contribution in [-0.4, -0.2) is 10.9 Å². The van der Waals surface area contributed by atoms with Crippen molar-refractivity contribution in [2.24, 2.45) is 5.73 Å². The van der Waals surface area contributed by atoms with Crippen molar-refractivity contribution in [2.75, 3.05) is 0 Å². The molecule has 0 amide bonds. The van der Waals surface area contributed by atoms with E-state index in [-0.39, 0.29) is 0 Å². The molecule has 0 aromatic heterocycles. The van der Waals surface area contributed by atoms with Crippen LogP contribution in [-0.2, 0) is 0 Å². The Balaban J connectivity index is 2.29. The van der Waals surface area contributed by atoms with E-state index in [2.05, 4.69) is 17.1 Å². The summed E-state index contributed by atoms with van der Waals surface area (Å²) in [4.78, 5) is 2.08. The molecule has 1 atom stereocenters. The maximum Gasteiger partial charge on any atom is 0.0702 e. The van der Waals surface area contributed by atoms with E-state index in [1.54, 1.807) is 0 Å². The number of hydrogen-bond acceptors (Lipinski definition) is 2. The standard InChI is InChI=1S/C9H10N2/c10-8-4-5-9-3-1-2-6-11(9)7-8/h1-7,9H,10H2. The molecule has 0 saturated carbocycles. The minimum Gasteiger partial charge on any atom is -0.398 e. The monoisotopic (exact) mass is 146 g/mol. The fourth-order valence-corrected chi connectivity index (χ4v) is 1.24. The van der Waals surface area contributed by atoms with Gasteiger partial charge in [0.1, 0.15) is 0 Å². The van der Waals surface area contributed by atoms with Gasteiger partial charge in [-0.05, 0) is 12.2 Å². The Bertz CT molecular complexity index is 271. The summed E-state index contributed by atoms with van der Waals surface area (Å²) in [7, 11) is 0. The topological polar surface area (TPSA) is 29.3 Å². The van der Waals surface area contributed by atoms with Crippen molar-refractivity contribution in [3.63, 3.8) is 0 Å². The third kappa shape index (κ3) is 1.07. The molecular formula is C9H10N2. The zero-order valence-electron chi connectivity index (χ0n) is 6.14. The zero-order valence-corrected chi connectivity index (χ0v) is 6.14. The average Bonchev–Trinajstić information content (AvgIpc) is 2.04. The summed E-state index contributed by atoms with van der Waals surface area (Å²) in [5.74, 6) is 0. The number of nitrogens with zero attached hydrogens (tertiary/aromatic N) is 1. The molecule has 0 saturated heterocycles. The van der Waals surface area contributed by atoms with Crippen LogP contribution in [0.25, 0.3) is 0 Å². The fourth-order valence-electron chi connectivity index (χ4n) is 1.24. The third-order valence-electron chi connectivity index (χ3n) is 1.81. The first-order valence-corrected chi connectivity index (χ1v) is 3.64. The second-order valence-electron chi connectivity index (χ2n) is 2.65. The number of nitrogens with two attached hydrogens (primary N) is 1. The molecule has 2 aliphatic heterocycles. The van der Waals surface area contributed by atoms with Gasteiger partial charge in [-0.2, -0.15) is 0 Å². The summed E-state index contributed by atoms with van der Waals surface area (Å²) in [6.45, 7) is 0. The molecule has 2 rings (SSSR count). The number of hydrogen-bond donors (Lipinski definition) is 1. The van der Waals surface area contributed by atoms with Crippen molar-refractivity contribution in [1.29, 1.82) is 0 Å². The Morgan fingerprint density at radius 1 is 1.27 bits per heavy atom. The molecule has 2 N–H and O–H groups in total. The van der Waals surface area contributed by atoms with Gasteiger partial charge in [0.25, 0.3) is 0 Å². The second-order valence-corrected chi connectivity index (χ2v) is 2.65. The lowest BCUT2D eigenvalue weighted by Gasteiger charge is -2.27. The van der Waals surface area contributed by atoms with E-state index in [4.69, 9.17) is 5.73 Å². The van der Waals surface area contributed by atoms with Crippen LogP contribution in [0.4, 0.5) is 0 Å². The summed E-state index contributed by atoms with van der Waals surface area (Å²) in [5.41, 5.74) is 6.42. The largest absolute Gasteiger partial charge is 0.398 e. The SMILES string of the molecule is NC1=CN2C=CC=CC2C=C1.